The molecule has 1 saturated carbocycles. The summed E-state index contributed by atoms with van der Waals surface area (Å²) in [5, 5.41) is 10.6. The van der Waals surface area contributed by atoms with E-state index in [0.717, 1.165) is 42.1 Å². The summed E-state index contributed by atoms with van der Waals surface area (Å²) in [5.41, 5.74) is 1.37. The second-order valence-corrected chi connectivity index (χ2v) is 4.87. The lowest BCUT2D eigenvalue weighted by Crippen LogP contribution is -2.32. The van der Waals surface area contributed by atoms with Gasteiger partial charge < -0.3 is 10.1 Å². The number of carboxylic acid groups (broad SMARTS) is 1. The molecule has 1 aliphatic rings. The Morgan fingerprint density at radius 2 is 2.00 bits per heavy atom. The number of carbonyl (C=O) groups is 1. The van der Waals surface area contributed by atoms with Gasteiger partial charge in [-0.25, -0.2) is 0 Å². The molecule has 0 bridgehead atoms. The van der Waals surface area contributed by atoms with E-state index in [-0.39, 0.29) is 0 Å². The lowest BCUT2D eigenvalue weighted by Gasteiger charge is -2.24. The van der Waals surface area contributed by atoms with Crippen LogP contribution in [-0.2, 0) is 10.2 Å². The van der Waals surface area contributed by atoms with E-state index in [1.165, 1.54) is 0 Å². The van der Waals surface area contributed by atoms with Gasteiger partial charge in [0.15, 0.2) is 0 Å². The summed E-state index contributed by atoms with van der Waals surface area (Å²) in [4.78, 5) is 14.7. The zero-order valence-electron chi connectivity index (χ0n) is 9.57. The Balaban J connectivity index is 2.14. The number of aliphatic carboxylic acids is 1. The predicted octanol–water partition coefficient (Wildman–Crippen LogP) is 3.06. The van der Waals surface area contributed by atoms with Crippen LogP contribution in [0.3, 0.4) is 0 Å². The highest BCUT2D eigenvalue weighted by Gasteiger charge is 2.42. The third-order valence-electron chi connectivity index (χ3n) is 3.97. The first-order chi connectivity index (χ1) is 8.22. The number of aromatic nitrogens is 1. The molecule has 3 nitrogen and oxygen atoms in total. The second-order valence-electron chi connectivity index (χ2n) is 4.87. The first-order valence-corrected chi connectivity index (χ1v) is 6.03. The molecule has 0 radical (unpaired) electrons. The monoisotopic (exact) mass is 229 g/mol. The Morgan fingerprint density at radius 1 is 1.24 bits per heavy atom. The van der Waals surface area contributed by atoms with Crippen molar-refractivity contribution in [3.63, 3.8) is 0 Å². The molecule has 1 aromatic heterocycles. The lowest BCUT2D eigenvalue weighted by molar-refractivity contribution is -0.143. The molecule has 0 aliphatic heterocycles. The quantitative estimate of drug-likeness (QED) is 0.831. The average Bonchev–Trinajstić information content (AvgIpc) is 2.97. The van der Waals surface area contributed by atoms with Crippen LogP contribution in [0.25, 0.3) is 10.9 Å². The van der Waals surface area contributed by atoms with E-state index < -0.39 is 11.4 Å². The maximum absolute atomic E-state index is 11.6. The molecule has 2 aromatic rings. The van der Waals surface area contributed by atoms with E-state index in [4.69, 9.17) is 0 Å². The molecule has 1 heterocycles. The number of nitrogens with one attached hydrogen (secondary N) is 1. The first-order valence-electron chi connectivity index (χ1n) is 6.03. The first kappa shape index (κ1) is 10.4. The second kappa shape index (κ2) is 3.62. The third-order valence-corrected chi connectivity index (χ3v) is 3.97. The zero-order valence-corrected chi connectivity index (χ0v) is 9.57. The van der Waals surface area contributed by atoms with E-state index in [1.807, 2.05) is 30.5 Å². The minimum Gasteiger partial charge on any atom is -0.481 e. The van der Waals surface area contributed by atoms with Crippen molar-refractivity contribution in [3.8, 4) is 0 Å². The molecule has 0 saturated heterocycles. The van der Waals surface area contributed by atoms with Crippen LogP contribution in [0, 0.1) is 0 Å². The molecule has 1 fully saturated rings. The van der Waals surface area contributed by atoms with Gasteiger partial charge in [0.05, 0.1) is 5.41 Å². The summed E-state index contributed by atoms with van der Waals surface area (Å²) in [6, 6.07) is 7.94. The van der Waals surface area contributed by atoms with Crippen LogP contribution in [0.2, 0.25) is 0 Å². The van der Waals surface area contributed by atoms with Gasteiger partial charge in [-0.05, 0) is 42.0 Å². The molecule has 1 aromatic carbocycles. The predicted molar refractivity (Wildman–Crippen MR) is 66.1 cm³/mol. The van der Waals surface area contributed by atoms with E-state index in [1.54, 1.807) is 0 Å². The van der Waals surface area contributed by atoms with Gasteiger partial charge in [-0.1, -0.05) is 18.9 Å². The molecule has 1 aliphatic carbocycles. The molecule has 3 heteroatoms. The highest BCUT2D eigenvalue weighted by atomic mass is 16.4. The normalized spacial score (nSPS) is 18.6. The SMILES string of the molecule is O=C(O)C1(c2ccc3[nH]ccc3c2)CCCC1. The van der Waals surface area contributed by atoms with Gasteiger partial charge in [-0.3, -0.25) is 4.79 Å². The van der Waals surface area contributed by atoms with Crippen molar-refractivity contribution in [1.29, 1.82) is 0 Å². The number of H-pyrrole nitrogens is 1. The van der Waals surface area contributed by atoms with Crippen molar-refractivity contribution >= 4 is 16.9 Å². The van der Waals surface area contributed by atoms with Gasteiger partial charge in [0, 0.05) is 11.7 Å². The average molecular weight is 229 g/mol. The third kappa shape index (κ3) is 1.46. The molecule has 0 amide bonds. The number of hydrogen-bond acceptors (Lipinski definition) is 1. The Bertz CT molecular complexity index is 564. The van der Waals surface area contributed by atoms with Gasteiger partial charge in [-0.2, -0.15) is 0 Å². The Kier molecular flexibility index (Phi) is 2.21. The topological polar surface area (TPSA) is 53.1 Å². The summed E-state index contributed by atoms with van der Waals surface area (Å²) in [7, 11) is 0. The minimum absolute atomic E-state index is 0.647. The van der Waals surface area contributed by atoms with Crippen molar-refractivity contribution in [2.45, 2.75) is 31.1 Å². The van der Waals surface area contributed by atoms with Gasteiger partial charge in [0.1, 0.15) is 0 Å². The molecule has 17 heavy (non-hydrogen) atoms. The summed E-state index contributed by atoms with van der Waals surface area (Å²) in [6.45, 7) is 0. The van der Waals surface area contributed by atoms with Crippen molar-refractivity contribution < 1.29 is 9.90 Å². The highest BCUT2D eigenvalue weighted by Crippen LogP contribution is 2.42. The van der Waals surface area contributed by atoms with Gasteiger partial charge in [0.2, 0.25) is 0 Å². The van der Waals surface area contributed by atoms with Crippen LogP contribution in [0.5, 0.6) is 0 Å². The van der Waals surface area contributed by atoms with Gasteiger partial charge >= 0.3 is 5.97 Å². The number of fused-ring (bicyclic) bond motifs is 1. The standard InChI is InChI=1S/C14H15NO2/c16-13(17)14(6-1-2-7-14)11-3-4-12-10(9-11)5-8-15-12/h3-5,8-9,15H,1-2,6-7H2,(H,16,17). The van der Waals surface area contributed by atoms with Crippen molar-refractivity contribution in [2.24, 2.45) is 0 Å². The molecule has 0 atom stereocenters. The molecular weight excluding hydrogens is 214 g/mol. The number of rotatable bonds is 2. The molecular formula is C14H15NO2. The fourth-order valence-electron chi connectivity index (χ4n) is 2.96. The van der Waals surface area contributed by atoms with E-state index >= 15 is 0 Å². The summed E-state index contributed by atoms with van der Waals surface area (Å²) < 4.78 is 0. The van der Waals surface area contributed by atoms with Crippen LogP contribution in [-0.4, -0.2) is 16.1 Å². The Hall–Kier alpha value is -1.77. The molecule has 3 rings (SSSR count). The molecule has 88 valence electrons. The molecule has 0 spiro atoms. The van der Waals surface area contributed by atoms with Crippen LogP contribution >= 0.6 is 0 Å². The van der Waals surface area contributed by atoms with E-state index in [0.29, 0.717) is 0 Å². The molecule has 2 N–H and O–H groups in total. The number of benzene rings is 1. The molecule has 0 unspecified atom stereocenters. The fraction of sp³-hybridized carbons (Fsp3) is 0.357. The maximum Gasteiger partial charge on any atom is 0.314 e. The number of aromatic amines is 1. The van der Waals surface area contributed by atoms with E-state index in [9.17, 15) is 9.90 Å². The maximum atomic E-state index is 11.6. The smallest absolute Gasteiger partial charge is 0.314 e. The number of carboxylic acids is 1. The Morgan fingerprint density at radius 3 is 2.71 bits per heavy atom. The minimum atomic E-state index is -0.676. The Labute approximate surface area is 99.5 Å². The fourth-order valence-corrected chi connectivity index (χ4v) is 2.96. The van der Waals surface area contributed by atoms with Gasteiger partial charge in [-0.15, -0.1) is 0 Å². The van der Waals surface area contributed by atoms with Crippen LogP contribution in [0.1, 0.15) is 31.2 Å². The zero-order chi connectivity index (χ0) is 11.9. The van der Waals surface area contributed by atoms with Crippen LogP contribution in [0.4, 0.5) is 0 Å². The summed E-state index contributed by atoms with van der Waals surface area (Å²) in [6.07, 6.45) is 5.43. The summed E-state index contributed by atoms with van der Waals surface area (Å²) >= 11 is 0. The lowest BCUT2D eigenvalue weighted by atomic mass is 9.78. The van der Waals surface area contributed by atoms with Crippen molar-refractivity contribution in [1.82, 2.24) is 4.98 Å². The summed E-state index contributed by atoms with van der Waals surface area (Å²) in [5.74, 6) is -0.676. The van der Waals surface area contributed by atoms with Crippen LogP contribution in [0.15, 0.2) is 30.5 Å². The largest absolute Gasteiger partial charge is 0.481 e. The highest BCUT2D eigenvalue weighted by molar-refractivity contribution is 5.86. The van der Waals surface area contributed by atoms with Crippen LogP contribution < -0.4 is 0 Å². The van der Waals surface area contributed by atoms with Gasteiger partial charge in [0.25, 0.3) is 0 Å². The number of hydrogen-bond donors (Lipinski definition) is 2. The van der Waals surface area contributed by atoms with Crippen molar-refractivity contribution in [2.75, 3.05) is 0 Å². The van der Waals surface area contributed by atoms with Crippen molar-refractivity contribution in [3.05, 3.63) is 36.0 Å². The van der Waals surface area contributed by atoms with E-state index in [2.05, 4.69) is 4.98 Å².